The number of imidazole rings is 1. The molecule has 0 aliphatic heterocycles. The number of fused-ring (bicyclic) bond motifs is 1. The standard InChI is InChI=1S/C18H19N3O5/c1-4-25-16(24)9-21-14-7-12(8-15(22)23)5-6-13(14)19-18(21)17-10(2)20-26-11(17)3/h5-7H,4,8-9H2,1-3H3,(H,22,23). The fraction of sp³-hybridized carbons (Fsp3) is 0.333. The molecule has 8 nitrogen and oxygen atoms in total. The molecule has 0 radical (unpaired) electrons. The fourth-order valence-electron chi connectivity index (χ4n) is 2.94. The minimum absolute atomic E-state index is 0.0414. The van der Waals surface area contributed by atoms with Gasteiger partial charge in [-0.15, -0.1) is 0 Å². The summed E-state index contributed by atoms with van der Waals surface area (Å²) in [5, 5.41) is 13.0. The number of nitrogens with zero attached hydrogens (tertiary/aromatic N) is 3. The first-order chi connectivity index (χ1) is 12.4. The van der Waals surface area contributed by atoms with Gasteiger partial charge in [-0.25, -0.2) is 4.98 Å². The van der Waals surface area contributed by atoms with E-state index < -0.39 is 11.9 Å². The third-order valence-corrected chi connectivity index (χ3v) is 4.02. The quantitative estimate of drug-likeness (QED) is 0.675. The summed E-state index contributed by atoms with van der Waals surface area (Å²) in [5.41, 5.74) is 3.31. The molecule has 2 heterocycles. The van der Waals surface area contributed by atoms with Crippen LogP contribution in [-0.2, 0) is 27.3 Å². The van der Waals surface area contributed by atoms with E-state index in [1.165, 1.54) is 0 Å². The summed E-state index contributed by atoms with van der Waals surface area (Å²) >= 11 is 0. The van der Waals surface area contributed by atoms with E-state index in [0.717, 1.165) is 0 Å². The van der Waals surface area contributed by atoms with Crippen LogP contribution < -0.4 is 0 Å². The van der Waals surface area contributed by atoms with Crippen molar-refractivity contribution in [2.75, 3.05) is 6.61 Å². The van der Waals surface area contributed by atoms with Crippen LogP contribution in [0.2, 0.25) is 0 Å². The first kappa shape index (κ1) is 17.7. The van der Waals surface area contributed by atoms with Gasteiger partial charge < -0.3 is 18.9 Å². The van der Waals surface area contributed by atoms with E-state index in [0.29, 0.717) is 39.4 Å². The van der Waals surface area contributed by atoms with Gasteiger partial charge in [0.25, 0.3) is 0 Å². The van der Waals surface area contributed by atoms with Gasteiger partial charge in [0.05, 0.1) is 35.3 Å². The van der Waals surface area contributed by atoms with E-state index in [2.05, 4.69) is 10.1 Å². The number of carboxylic acids is 1. The van der Waals surface area contributed by atoms with E-state index in [4.69, 9.17) is 14.4 Å². The van der Waals surface area contributed by atoms with E-state index in [-0.39, 0.29) is 19.6 Å². The van der Waals surface area contributed by atoms with Gasteiger partial charge in [-0.2, -0.15) is 0 Å². The summed E-state index contributed by atoms with van der Waals surface area (Å²) in [6.45, 7) is 5.55. The van der Waals surface area contributed by atoms with Crippen LogP contribution in [0, 0.1) is 13.8 Å². The molecule has 0 saturated heterocycles. The van der Waals surface area contributed by atoms with Gasteiger partial charge in [0.1, 0.15) is 18.1 Å². The van der Waals surface area contributed by atoms with Crippen LogP contribution in [0.5, 0.6) is 0 Å². The Bertz CT molecular complexity index is 967. The van der Waals surface area contributed by atoms with E-state index >= 15 is 0 Å². The second kappa shape index (κ2) is 6.99. The van der Waals surface area contributed by atoms with E-state index in [1.807, 2.05) is 0 Å². The molecule has 1 aromatic carbocycles. The molecule has 0 aliphatic carbocycles. The Morgan fingerprint density at radius 3 is 2.69 bits per heavy atom. The molecule has 2 aromatic heterocycles. The first-order valence-corrected chi connectivity index (χ1v) is 8.20. The van der Waals surface area contributed by atoms with Crippen molar-refractivity contribution in [1.29, 1.82) is 0 Å². The lowest BCUT2D eigenvalue weighted by Crippen LogP contribution is -2.14. The van der Waals surface area contributed by atoms with Crippen LogP contribution in [0.15, 0.2) is 22.7 Å². The van der Waals surface area contributed by atoms with Crippen molar-refractivity contribution in [3.05, 3.63) is 35.2 Å². The number of aryl methyl sites for hydroxylation is 2. The molecule has 0 amide bonds. The number of hydrogen-bond donors (Lipinski definition) is 1. The fourth-order valence-corrected chi connectivity index (χ4v) is 2.94. The number of carbonyl (C=O) groups excluding carboxylic acids is 1. The molecule has 8 heteroatoms. The first-order valence-electron chi connectivity index (χ1n) is 8.20. The Morgan fingerprint density at radius 2 is 2.08 bits per heavy atom. The predicted molar refractivity (Wildman–Crippen MR) is 92.7 cm³/mol. The maximum absolute atomic E-state index is 12.1. The summed E-state index contributed by atoms with van der Waals surface area (Å²) < 4.78 is 12.0. The minimum atomic E-state index is -0.924. The summed E-state index contributed by atoms with van der Waals surface area (Å²) in [7, 11) is 0. The molecule has 0 aliphatic rings. The number of carboxylic acid groups (broad SMARTS) is 1. The van der Waals surface area contributed by atoms with Gasteiger partial charge in [0.2, 0.25) is 0 Å². The molecule has 0 spiro atoms. The van der Waals surface area contributed by atoms with E-state index in [9.17, 15) is 9.59 Å². The predicted octanol–water partition coefficient (Wildman–Crippen LogP) is 2.50. The molecule has 3 rings (SSSR count). The summed E-state index contributed by atoms with van der Waals surface area (Å²) in [5.74, 6) is -0.194. The van der Waals surface area contributed by atoms with Gasteiger partial charge in [0.15, 0.2) is 0 Å². The number of aliphatic carboxylic acids is 1. The third-order valence-electron chi connectivity index (χ3n) is 4.02. The Kier molecular flexibility index (Phi) is 4.75. The molecule has 3 aromatic rings. The highest BCUT2D eigenvalue weighted by molar-refractivity contribution is 5.85. The van der Waals surface area contributed by atoms with Crippen LogP contribution in [-0.4, -0.2) is 38.4 Å². The molecule has 0 unspecified atom stereocenters. The second-order valence-corrected chi connectivity index (χ2v) is 5.92. The van der Waals surface area contributed by atoms with Crippen LogP contribution >= 0.6 is 0 Å². The number of hydrogen-bond acceptors (Lipinski definition) is 6. The molecule has 0 bridgehead atoms. The lowest BCUT2D eigenvalue weighted by atomic mass is 10.1. The second-order valence-electron chi connectivity index (χ2n) is 5.92. The smallest absolute Gasteiger partial charge is 0.326 e. The Morgan fingerprint density at radius 1 is 1.31 bits per heavy atom. The van der Waals surface area contributed by atoms with Gasteiger partial charge >= 0.3 is 11.9 Å². The zero-order valence-corrected chi connectivity index (χ0v) is 14.8. The summed E-state index contributed by atoms with van der Waals surface area (Å²) in [4.78, 5) is 27.7. The van der Waals surface area contributed by atoms with Crippen molar-refractivity contribution in [3.8, 4) is 11.4 Å². The lowest BCUT2D eigenvalue weighted by Gasteiger charge is -2.09. The highest BCUT2D eigenvalue weighted by Crippen LogP contribution is 2.30. The SMILES string of the molecule is CCOC(=O)Cn1c(-c2c(C)noc2C)nc2ccc(CC(=O)O)cc21. The number of carbonyl (C=O) groups is 2. The summed E-state index contributed by atoms with van der Waals surface area (Å²) in [6, 6.07) is 5.20. The molecular weight excluding hydrogens is 338 g/mol. The van der Waals surface area contributed by atoms with Crippen molar-refractivity contribution in [3.63, 3.8) is 0 Å². The Labute approximate surface area is 149 Å². The van der Waals surface area contributed by atoms with Crippen molar-refractivity contribution in [2.45, 2.75) is 33.7 Å². The van der Waals surface area contributed by atoms with Crippen LogP contribution in [0.3, 0.4) is 0 Å². The number of ether oxygens (including phenoxy) is 1. The third kappa shape index (κ3) is 3.30. The molecule has 0 saturated carbocycles. The topological polar surface area (TPSA) is 107 Å². The molecule has 0 atom stereocenters. The number of benzene rings is 1. The number of esters is 1. The lowest BCUT2D eigenvalue weighted by molar-refractivity contribution is -0.143. The molecule has 136 valence electrons. The average molecular weight is 357 g/mol. The molecule has 0 fully saturated rings. The van der Waals surface area contributed by atoms with Gasteiger partial charge in [-0.3, -0.25) is 9.59 Å². The highest BCUT2D eigenvalue weighted by Gasteiger charge is 2.22. The molecule has 1 N–H and O–H groups in total. The van der Waals surface area contributed by atoms with Crippen LogP contribution in [0.25, 0.3) is 22.4 Å². The van der Waals surface area contributed by atoms with E-state index in [1.54, 1.807) is 43.5 Å². The van der Waals surface area contributed by atoms with Crippen LogP contribution in [0.1, 0.15) is 23.9 Å². The van der Waals surface area contributed by atoms with Crippen molar-refractivity contribution in [1.82, 2.24) is 14.7 Å². The van der Waals surface area contributed by atoms with Crippen molar-refractivity contribution in [2.24, 2.45) is 0 Å². The van der Waals surface area contributed by atoms with Gasteiger partial charge in [-0.05, 0) is 38.5 Å². The average Bonchev–Trinajstić information content (AvgIpc) is 3.07. The normalized spacial score (nSPS) is 11.0. The highest BCUT2D eigenvalue weighted by atomic mass is 16.5. The maximum Gasteiger partial charge on any atom is 0.326 e. The maximum atomic E-state index is 12.1. The zero-order chi connectivity index (χ0) is 18.8. The van der Waals surface area contributed by atoms with Gasteiger partial charge in [-0.1, -0.05) is 11.2 Å². The molecule has 26 heavy (non-hydrogen) atoms. The largest absolute Gasteiger partial charge is 0.481 e. The van der Waals surface area contributed by atoms with Gasteiger partial charge in [0, 0.05) is 0 Å². The number of aromatic nitrogens is 3. The van der Waals surface area contributed by atoms with Crippen LogP contribution in [0.4, 0.5) is 0 Å². The Balaban J connectivity index is 2.19. The van der Waals surface area contributed by atoms with Crippen molar-refractivity contribution >= 4 is 23.0 Å². The Hall–Kier alpha value is -3.16. The summed E-state index contributed by atoms with van der Waals surface area (Å²) in [6.07, 6.45) is -0.110. The number of rotatable bonds is 6. The molecular formula is C18H19N3O5. The van der Waals surface area contributed by atoms with Crippen molar-refractivity contribution < 1.29 is 24.0 Å². The zero-order valence-electron chi connectivity index (χ0n) is 14.8. The monoisotopic (exact) mass is 357 g/mol. The minimum Gasteiger partial charge on any atom is -0.481 e.